The van der Waals surface area contributed by atoms with E-state index in [0.29, 0.717) is 47.3 Å². The van der Waals surface area contributed by atoms with Gasteiger partial charge in [-0.05, 0) is 56.6 Å². The first-order valence-corrected chi connectivity index (χ1v) is 18.1. The quantitative estimate of drug-likeness (QED) is 0.247. The van der Waals surface area contributed by atoms with Crippen molar-refractivity contribution in [2.75, 3.05) is 44.1 Å². The minimum atomic E-state index is -3.83. The maximum atomic E-state index is 12.9. The van der Waals surface area contributed by atoms with Crippen molar-refractivity contribution in [2.24, 2.45) is 0 Å². The van der Waals surface area contributed by atoms with E-state index in [1.807, 2.05) is 26.2 Å². The summed E-state index contributed by atoms with van der Waals surface area (Å²) in [5.74, 6) is 0.592. The van der Waals surface area contributed by atoms with Gasteiger partial charge in [-0.25, -0.2) is 18.1 Å². The van der Waals surface area contributed by atoms with Gasteiger partial charge >= 0.3 is 0 Å². The van der Waals surface area contributed by atoms with Crippen LogP contribution in [0.2, 0.25) is 10.0 Å². The van der Waals surface area contributed by atoms with Crippen LogP contribution in [-0.2, 0) is 19.3 Å². The third-order valence-corrected chi connectivity index (χ3v) is 10.5. The van der Waals surface area contributed by atoms with E-state index in [1.165, 1.54) is 0 Å². The largest absolute Gasteiger partial charge is 0.386 e. The van der Waals surface area contributed by atoms with Gasteiger partial charge in [0.1, 0.15) is 16.6 Å². The number of anilines is 1. The summed E-state index contributed by atoms with van der Waals surface area (Å²) in [6, 6.07) is 1.98. The molecule has 8 rings (SSSR count). The van der Waals surface area contributed by atoms with E-state index in [0.717, 1.165) is 60.4 Å². The third-order valence-electron chi connectivity index (χ3n) is 9.01. The van der Waals surface area contributed by atoms with Crippen LogP contribution in [0.25, 0.3) is 38.7 Å². The molecule has 2 saturated heterocycles. The second kappa shape index (κ2) is 11.0. The van der Waals surface area contributed by atoms with Crippen LogP contribution in [0, 0.1) is 0 Å². The Balaban J connectivity index is 1.43. The highest BCUT2D eigenvalue weighted by Gasteiger charge is 2.35. The Labute approximate surface area is 275 Å². The number of aromatic nitrogens is 6. The van der Waals surface area contributed by atoms with Crippen molar-refractivity contribution in [2.45, 2.75) is 61.9 Å². The standard InChI is InChI=1S/C31H33Cl2N7O5S/c1-31(41)15-38(10-12-44-16-31)29-28-26(36-30(37-29)46(2,42)43)24(33)27-25(34-8-9-39(27)28)23-18-14-35-40(21-5-3-4-11-45-21)20(18)13-19(32)22(23)17-6-7-17/h8-9,13-14,17,21,41H,3-7,10-12,15-16H2,1-2H3/t21?,31-/m0/s1. The topological polar surface area (TPSA) is 137 Å². The number of rotatable bonds is 5. The van der Waals surface area contributed by atoms with Gasteiger partial charge in [-0.3, -0.25) is 4.98 Å². The minimum absolute atomic E-state index is 0.134. The van der Waals surface area contributed by atoms with Crippen molar-refractivity contribution in [1.29, 1.82) is 0 Å². The SMILES string of the molecule is C[C@@]1(O)COCCN(c2nc(S(C)(=O)=O)nc3c(Cl)c4c(-c5c(C6CC6)c(Cl)cc6c5cnn6C5CCCCO5)nccn4c23)C1. The average Bonchev–Trinajstić information content (AvgIpc) is 3.75. The zero-order valence-electron chi connectivity index (χ0n) is 25.4. The Morgan fingerprint density at radius 2 is 1.93 bits per heavy atom. The van der Waals surface area contributed by atoms with Crippen molar-refractivity contribution in [1.82, 2.24) is 29.1 Å². The lowest BCUT2D eigenvalue weighted by molar-refractivity contribution is -0.0366. The number of sulfone groups is 1. The molecule has 242 valence electrons. The van der Waals surface area contributed by atoms with Crippen LogP contribution in [0.15, 0.2) is 29.8 Å². The van der Waals surface area contributed by atoms with Crippen LogP contribution in [0.5, 0.6) is 0 Å². The van der Waals surface area contributed by atoms with Crippen LogP contribution in [0.3, 0.4) is 0 Å². The molecule has 5 aromatic rings. The molecule has 0 radical (unpaired) electrons. The molecule has 1 aliphatic carbocycles. The monoisotopic (exact) mass is 685 g/mol. The number of ether oxygens (including phenoxy) is 2. The molecule has 2 atom stereocenters. The molecule has 1 unspecified atom stereocenters. The normalized spacial score (nSPS) is 23.1. The van der Waals surface area contributed by atoms with Crippen molar-refractivity contribution in [3.8, 4) is 11.3 Å². The highest BCUT2D eigenvalue weighted by molar-refractivity contribution is 7.90. The van der Waals surface area contributed by atoms with Crippen LogP contribution in [-0.4, -0.2) is 87.4 Å². The summed E-state index contributed by atoms with van der Waals surface area (Å²) in [5.41, 5.74) is 3.38. The van der Waals surface area contributed by atoms with Gasteiger partial charge in [0, 0.05) is 47.8 Å². The van der Waals surface area contributed by atoms with E-state index in [2.05, 4.69) is 9.97 Å². The summed E-state index contributed by atoms with van der Waals surface area (Å²) in [4.78, 5) is 15.8. The summed E-state index contributed by atoms with van der Waals surface area (Å²) in [6.07, 6.45) is 11.1. The summed E-state index contributed by atoms with van der Waals surface area (Å²) in [6.45, 7) is 3.34. The molecule has 0 amide bonds. The van der Waals surface area contributed by atoms with E-state index in [4.69, 9.17) is 42.8 Å². The van der Waals surface area contributed by atoms with Gasteiger partial charge in [0.2, 0.25) is 15.0 Å². The summed E-state index contributed by atoms with van der Waals surface area (Å²) >= 11 is 14.3. The maximum Gasteiger partial charge on any atom is 0.249 e. The minimum Gasteiger partial charge on any atom is -0.386 e. The van der Waals surface area contributed by atoms with Crippen molar-refractivity contribution >= 4 is 66.3 Å². The summed E-state index contributed by atoms with van der Waals surface area (Å²) < 4.78 is 41.2. The number of nitrogens with zero attached hydrogens (tertiary/aromatic N) is 7. The van der Waals surface area contributed by atoms with Crippen molar-refractivity contribution < 1.29 is 23.0 Å². The molecular formula is C31H33Cl2N7O5S. The predicted molar refractivity (Wildman–Crippen MR) is 175 cm³/mol. The second-order valence-corrected chi connectivity index (χ2v) is 15.5. The molecule has 3 aliphatic rings. The number of β-amino-alcohol motifs (C(OH)–C–C–N with tert-alkyl or cyclic N) is 1. The van der Waals surface area contributed by atoms with E-state index in [-0.39, 0.29) is 41.0 Å². The van der Waals surface area contributed by atoms with E-state index < -0.39 is 15.4 Å². The van der Waals surface area contributed by atoms with E-state index >= 15 is 0 Å². The van der Waals surface area contributed by atoms with Gasteiger partial charge in [-0.15, -0.1) is 0 Å². The number of aliphatic hydroxyl groups is 1. The molecule has 15 heteroatoms. The molecule has 6 heterocycles. The summed E-state index contributed by atoms with van der Waals surface area (Å²) in [5, 5.41) is 17.2. The molecule has 12 nitrogen and oxygen atoms in total. The first-order chi connectivity index (χ1) is 22.0. The number of hydrogen-bond acceptors (Lipinski definition) is 10. The zero-order valence-corrected chi connectivity index (χ0v) is 27.7. The fourth-order valence-electron chi connectivity index (χ4n) is 6.83. The lowest BCUT2D eigenvalue weighted by atomic mass is 9.96. The van der Waals surface area contributed by atoms with E-state index in [1.54, 1.807) is 19.3 Å². The molecule has 3 fully saturated rings. The zero-order chi connectivity index (χ0) is 32.0. The van der Waals surface area contributed by atoms with Gasteiger partial charge in [0.15, 0.2) is 12.0 Å². The molecule has 0 spiro atoms. The first kappa shape index (κ1) is 30.3. The molecule has 4 aromatic heterocycles. The molecule has 1 saturated carbocycles. The Morgan fingerprint density at radius 1 is 1.11 bits per heavy atom. The van der Waals surface area contributed by atoms with Crippen LogP contribution >= 0.6 is 23.2 Å². The highest BCUT2D eigenvalue weighted by atomic mass is 35.5. The number of fused-ring (bicyclic) bond motifs is 4. The second-order valence-electron chi connectivity index (χ2n) is 12.8. The van der Waals surface area contributed by atoms with Crippen LogP contribution < -0.4 is 4.90 Å². The van der Waals surface area contributed by atoms with Crippen LogP contribution in [0.1, 0.15) is 56.7 Å². The molecule has 46 heavy (non-hydrogen) atoms. The number of halogens is 2. The number of hydrogen-bond donors (Lipinski definition) is 1. The summed E-state index contributed by atoms with van der Waals surface area (Å²) in [7, 11) is -3.83. The maximum absolute atomic E-state index is 12.9. The Hall–Kier alpha value is -3.07. The Morgan fingerprint density at radius 3 is 2.67 bits per heavy atom. The molecule has 2 aliphatic heterocycles. The van der Waals surface area contributed by atoms with Crippen LogP contribution in [0.4, 0.5) is 5.82 Å². The van der Waals surface area contributed by atoms with Crippen molar-refractivity contribution in [3.63, 3.8) is 0 Å². The lowest BCUT2D eigenvalue weighted by Gasteiger charge is -2.28. The van der Waals surface area contributed by atoms with Gasteiger partial charge in [0.25, 0.3) is 0 Å². The van der Waals surface area contributed by atoms with Gasteiger partial charge in [0.05, 0.1) is 47.7 Å². The average molecular weight is 687 g/mol. The molecule has 1 N–H and O–H groups in total. The first-order valence-electron chi connectivity index (χ1n) is 15.4. The van der Waals surface area contributed by atoms with Gasteiger partial charge in [-0.1, -0.05) is 23.2 Å². The van der Waals surface area contributed by atoms with Gasteiger partial charge in [-0.2, -0.15) is 10.1 Å². The highest BCUT2D eigenvalue weighted by Crippen LogP contribution is 2.52. The Bertz CT molecular complexity index is 2140. The van der Waals surface area contributed by atoms with Gasteiger partial charge < -0.3 is 23.9 Å². The molecule has 0 bridgehead atoms. The van der Waals surface area contributed by atoms with E-state index in [9.17, 15) is 13.5 Å². The fraction of sp³-hybridized carbons (Fsp3) is 0.484. The molecule has 1 aromatic carbocycles. The smallest absolute Gasteiger partial charge is 0.249 e. The Kier molecular flexibility index (Phi) is 7.24. The fourth-order valence-corrected chi connectivity index (χ4v) is 8.00. The number of benzene rings is 1. The van der Waals surface area contributed by atoms with Crippen molar-refractivity contribution in [3.05, 3.63) is 40.3 Å². The lowest BCUT2D eigenvalue weighted by Crippen LogP contribution is -2.42. The third kappa shape index (κ3) is 5.03. The molecular weight excluding hydrogens is 653 g/mol. The predicted octanol–water partition coefficient (Wildman–Crippen LogP) is 5.17.